The summed E-state index contributed by atoms with van der Waals surface area (Å²) >= 11 is 0. The van der Waals surface area contributed by atoms with E-state index in [1.54, 1.807) is 0 Å². The summed E-state index contributed by atoms with van der Waals surface area (Å²) in [6.07, 6.45) is 0. The number of nitro groups is 2. The molecule has 4 aromatic carbocycles. The molecule has 0 bridgehead atoms. The molecule has 0 aliphatic rings. The van der Waals surface area contributed by atoms with Crippen LogP contribution in [0, 0.1) is 20.2 Å². The third-order valence-electron chi connectivity index (χ3n) is 5.66. The first-order valence-corrected chi connectivity index (χ1v) is 10.8. The maximum Gasteiger partial charge on any atom is 0.301 e. The van der Waals surface area contributed by atoms with E-state index >= 15 is 0 Å². The van der Waals surface area contributed by atoms with Crippen LogP contribution in [0.2, 0.25) is 0 Å². The van der Waals surface area contributed by atoms with E-state index in [-0.39, 0.29) is 11.4 Å². The molecule has 0 saturated heterocycles. The van der Waals surface area contributed by atoms with Crippen molar-refractivity contribution in [3.05, 3.63) is 129 Å². The lowest BCUT2D eigenvalue weighted by atomic mass is 10.0. The highest BCUT2D eigenvalue weighted by molar-refractivity contribution is 5.74. The van der Waals surface area contributed by atoms with Crippen molar-refractivity contribution in [2.75, 3.05) is 0 Å². The van der Waals surface area contributed by atoms with Crippen molar-refractivity contribution >= 4 is 11.4 Å². The molecular weight excluding hydrogens is 444 g/mol. The van der Waals surface area contributed by atoms with Crippen LogP contribution in [0.5, 0.6) is 0 Å². The molecular formula is C27H18N4O4. The molecule has 0 N–H and O–H groups in total. The molecule has 8 heteroatoms. The highest BCUT2D eigenvalue weighted by atomic mass is 16.6. The second-order valence-electron chi connectivity index (χ2n) is 7.82. The zero-order valence-electron chi connectivity index (χ0n) is 18.3. The van der Waals surface area contributed by atoms with Gasteiger partial charge in [-0.1, -0.05) is 84.9 Å². The smallest absolute Gasteiger partial charge is 0.258 e. The van der Waals surface area contributed by atoms with E-state index < -0.39 is 15.5 Å². The third kappa shape index (κ3) is 4.28. The highest BCUT2D eigenvalue weighted by Crippen LogP contribution is 2.34. The molecule has 0 radical (unpaired) electrons. The minimum absolute atomic E-state index is 0.145. The topological polar surface area (TPSA) is 104 Å². The summed E-state index contributed by atoms with van der Waals surface area (Å²) in [5.41, 5.74) is 4.44. The van der Waals surface area contributed by atoms with Gasteiger partial charge in [0.1, 0.15) is 5.69 Å². The predicted octanol–water partition coefficient (Wildman–Crippen LogP) is 6.69. The summed E-state index contributed by atoms with van der Waals surface area (Å²) in [6.45, 7) is 0. The van der Waals surface area contributed by atoms with Gasteiger partial charge in [0.25, 0.3) is 5.69 Å². The minimum atomic E-state index is -0.655. The van der Waals surface area contributed by atoms with Crippen LogP contribution >= 0.6 is 0 Å². The van der Waals surface area contributed by atoms with Crippen LogP contribution < -0.4 is 0 Å². The van der Waals surface area contributed by atoms with Crippen LogP contribution in [0.15, 0.2) is 109 Å². The largest absolute Gasteiger partial charge is 0.301 e. The van der Waals surface area contributed by atoms with Gasteiger partial charge in [0.15, 0.2) is 0 Å². The van der Waals surface area contributed by atoms with Crippen LogP contribution in [0.3, 0.4) is 0 Å². The standard InChI is InChI=1S/C27H18N4O4/c32-30(33)23-15-16-25(27(17-23)31(34)35)29-26(22-9-5-2-6-10-22)18-24(28-29)21-13-11-20(12-14-21)19-7-3-1-4-8-19/h1-18H. The van der Waals surface area contributed by atoms with Crippen LogP contribution in [-0.2, 0) is 0 Å². The Hall–Kier alpha value is -5.11. The second kappa shape index (κ2) is 9.03. The maximum absolute atomic E-state index is 11.8. The number of hydrogen-bond acceptors (Lipinski definition) is 5. The fourth-order valence-corrected chi connectivity index (χ4v) is 3.94. The third-order valence-corrected chi connectivity index (χ3v) is 5.66. The Morgan fingerprint density at radius 2 is 1.17 bits per heavy atom. The summed E-state index contributed by atoms with van der Waals surface area (Å²) in [4.78, 5) is 21.7. The molecule has 1 aromatic heterocycles. The number of hydrogen-bond donors (Lipinski definition) is 0. The Morgan fingerprint density at radius 3 is 1.77 bits per heavy atom. The molecule has 0 atom stereocenters. The lowest BCUT2D eigenvalue weighted by molar-refractivity contribution is -0.394. The molecule has 0 amide bonds. The number of non-ortho nitro benzene ring substituents is 1. The first kappa shape index (κ1) is 21.7. The minimum Gasteiger partial charge on any atom is -0.258 e. The molecule has 0 saturated carbocycles. The first-order valence-electron chi connectivity index (χ1n) is 10.8. The molecule has 35 heavy (non-hydrogen) atoms. The molecule has 0 spiro atoms. The Balaban J connectivity index is 1.65. The van der Waals surface area contributed by atoms with E-state index in [4.69, 9.17) is 0 Å². The average molecular weight is 462 g/mol. The van der Waals surface area contributed by atoms with Crippen LogP contribution in [0.1, 0.15) is 0 Å². The lowest BCUT2D eigenvalue weighted by Gasteiger charge is -2.08. The number of aromatic nitrogens is 2. The van der Waals surface area contributed by atoms with Gasteiger partial charge in [0, 0.05) is 17.2 Å². The summed E-state index contributed by atoms with van der Waals surface area (Å²) in [5, 5.41) is 27.7. The number of rotatable bonds is 6. The van der Waals surface area contributed by atoms with E-state index in [1.807, 2.05) is 91.0 Å². The van der Waals surface area contributed by atoms with Gasteiger partial charge in [0.2, 0.25) is 0 Å². The number of nitro benzene ring substituents is 2. The van der Waals surface area contributed by atoms with Gasteiger partial charge < -0.3 is 0 Å². The first-order chi connectivity index (χ1) is 17.0. The van der Waals surface area contributed by atoms with E-state index in [1.165, 1.54) is 16.8 Å². The van der Waals surface area contributed by atoms with Gasteiger partial charge >= 0.3 is 5.69 Å². The zero-order valence-corrected chi connectivity index (χ0v) is 18.3. The van der Waals surface area contributed by atoms with E-state index in [0.717, 1.165) is 28.3 Å². The van der Waals surface area contributed by atoms with Crippen molar-refractivity contribution in [2.24, 2.45) is 0 Å². The van der Waals surface area contributed by atoms with E-state index in [0.29, 0.717) is 11.4 Å². The fraction of sp³-hybridized carbons (Fsp3) is 0. The van der Waals surface area contributed by atoms with Crippen LogP contribution in [0.4, 0.5) is 11.4 Å². The fourth-order valence-electron chi connectivity index (χ4n) is 3.94. The summed E-state index contributed by atoms with van der Waals surface area (Å²) < 4.78 is 1.47. The molecule has 170 valence electrons. The number of benzene rings is 4. The van der Waals surface area contributed by atoms with Crippen LogP contribution in [-0.4, -0.2) is 19.6 Å². The Labute approximate surface area is 200 Å². The maximum atomic E-state index is 11.8. The van der Waals surface area contributed by atoms with Crippen molar-refractivity contribution in [3.63, 3.8) is 0 Å². The molecule has 0 aliphatic heterocycles. The Bertz CT molecular complexity index is 1530. The van der Waals surface area contributed by atoms with Gasteiger partial charge in [-0.15, -0.1) is 0 Å². The van der Waals surface area contributed by atoms with Crippen molar-refractivity contribution in [2.45, 2.75) is 0 Å². The van der Waals surface area contributed by atoms with Crippen LogP contribution in [0.25, 0.3) is 39.3 Å². The predicted molar refractivity (Wildman–Crippen MR) is 133 cm³/mol. The summed E-state index contributed by atoms with van der Waals surface area (Å²) in [7, 11) is 0. The summed E-state index contributed by atoms with van der Waals surface area (Å²) in [5.74, 6) is 0. The quantitative estimate of drug-likeness (QED) is 0.206. The van der Waals surface area contributed by atoms with Crippen molar-refractivity contribution < 1.29 is 9.85 Å². The van der Waals surface area contributed by atoms with Gasteiger partial charge in [-0.2, -0.15) is 5.10 Å². The lowest BCUT2D eigenvalue weighted by Crippen LogP contribution is -2.04. The molecule has 5 rings (SSSR count). The van der Waals surface area contributed by atoms with Crippen molar-refractivity contribution in [1.29, 1.82) is 0 Å². The molecule has 0 unspecified atom stereocenters. The van der Waals surface area contributed by atoms with Crippen molar-refractivity contribution in [3.8, 4) is 39.3 Å². The van der Waals surface area contributed by atoms with Gasteiger partial charge in [0.05, 0.1) is 27.3 Å². The van der Waals surface area contributed by atoms with Gasteiger partial charge in [-0.3, -0.25) is 20.2 Å². The summed E-state index contributed by atoms with van der Waals surface area (Å²) in [6, 6.07) is 32.7. The Morgan fingerprint density at radius 1 is 0.600 bits per heavy atom. The van der Waals surface area contributed by atoms with Gasteiger partial charge in [-0.25, -0.2) is 4.68 Å². The molecule has 8 nitrogen and oxygen atoms in total. The van der Waals surface area contributed by atoms with E-state index in [9.17, 15) is 20.2 Å². The Kier molecular flexibility index (Phi) is 5.60. The SMILES string of the molecule is O=[N+]([O-])c1ccc(-n2nc(-c3ccc(-c4ccccc4)cc3)cc2-c2ccccc2)c([N+](=O)[O-])c1. The highest BCUT2D eigenvalue weighted by Gasteiger charge is 2.24. The molecule has 0 fully saturated rings. The molecule has 1 heterocycles. The van der Waals surface area contributed by atoms with Gasteiger partial charge in [-0.05, 0) is 23.3 Å². The molecule has 5 aromatic rings. The monoisotopic (exact) mass is 462 g/mol. The van der Waals surface area contributed by atoms with E-state index in [2.05, 4.69) is 5.10 Å². The average Bonchev–Trinajstić information content (AvgIpc) is 3.35. The zero-order chi connectivity index (χ0) is 24.4. The normalized spacial score (nSPS) is 10.7. The molecule has 0 aliphatic carbocycles. The second-order valence-corrected chi connectivity index (χ2v) is 7.82. The number of nitrogens with zero attached hydrogens (tertiary/aromatic N) is 4. The van der Waals surface area contributed by atoms with Crippen molar-refractivity contribution in [1.82, 2.24) is 9.78 Å².